The molecule has 0 aromatic heterocycles. The molecule has 1 unspecified atom stereocenters. The molecular weight excluding hydrogens is 399 g/mol. The van der Waals surface area contributed by atoms with Crippen molar-refractivity contribution < 1.29 is 13.2 Å². The van der Waals surface area contributed by atoms with Gasteiger partial charge in [0.2, 0.25) is 0 Å². The summed E-state index contributed by atoms with van der Waals surface area (Å²) in [6.07, 6.45) is 0.119. The highest BCUT2D eigenvalue weighted by Crippen LogP contribution is 2.28. The van der Waals surface area contributed by atoms with E-state index < -0.39 is 23.5 Å². The zero-order valence-electron chi connectivity index (χ0n) is 10.1. The first kappa shape index (κ1) is 15.5. The minimum Gasteiger partial charge on any atom is -0.323 e. The van der Waals surface area contributed by atoms with Crippen LogP contribution in [0.15, 0.2) is 39.3 Å². The molecule has 2 rings (SSSR count). The van der Waals surface area contributed by atoms with Crippen molar-refractivity contribution in [2.24, 2.45) is 5.73 Å². The molecule has 2 N–H and O–H groups in total. The number of hydrogen-bond donors (Lipinski definition) is 1. The molecule has 1 nitrogen and oxygen atoms in total. The van der Waals surface area contributed by atoms with Crippen LogP contribution in [0.1, 0.15) is 17.2 Å². The largest absolute Gasteiger partial charge is 0.323 e. The maximum absolute atomic E-state index is 13.8. The zero-order valence-corrected chi connectivity index (χ0v) is 13.3. The zero-order chi connectivity index (χ0) is 14.9. The minimum atomic E-state index is -0.902. The lowest BCUT2D eigenvalue weighted by Gasteiger charge is -2.15. The van der Waals surface area contributed by atoms with Crippen molar-refractivity contribution in [1.82, 2.24) is 0 Å². The minimum absolute atomic E-state index is 0.119. The highest BCUT2D eigenvalue weighted by Gasteiger charge is 2.19. The van der Waals surface area contributed by atoms with E-state index in [0.717, 1.165) is 12.1 Å². The second-order valence-corrected chi connectivity index (χ2v) is 6.02. The van der Waals surface area contributed by atoms with Crippen LogP contribution in [0, 0.1) is 17.5 Å². The molecule has 0 fully saturated rings. The molecule has 0 aliphatic rings. The van der Waals surface area contributed by atoms with Gasteiger partial charge in [-0.2, -0.15) is 0 Å². The first-order valence-electron chi connectivity index (χ1n) is 5.73. The Labute approximate surface area is 131 Å². The Kier molecular flexibility index (Phi) is 4.88. The molecule has 2 aromatic rings. The van der Waals surface area contributed by atoms with E-state index in [4.69, 9.17) is 5.73 Å². The number of benzene rings is 2. The Morgan fingerprint density at radius 2 is 1.60 bits per heavy atom. The van der Waals surface area contributed by atoms with Crippen molar-refractivity contribution >= 4 is 31.9 Å². The monoisotopic (exact) mass is 407 g/mol. The lowest BCUT2D eigenvalue weighted by Crippen LogP contribution is -2.17. The summed E-state index contributed by atoms with van der Waals surface area (Å²) in [5, 5.41) is 0. The van der Waals surface area contributed by atoms with Gasteiger partial charge in [0.25, 0.3) is 0 Å². The predicted molar refractivity (Wildman–Crippen MR) is 78.8 cm³/mol. The summed E-state index contributed by atoms with van der Waals surface area (Å²) in [4.78, 5) is 0. The second kappa shape index (κ2) is 6.28. The molecule has 6 heteroatoms. The van der Waals surface area contributed by atoms with E-state index in [2.05, 4.69) is 31.9 Å². The van der Waals surface area contributed by atoms with Crippen molar-refractivity contribution in [3.63, 3.8) is 0 Å². The molecule has 20 heavy (non-hydrogen) atoms. The molecule has 0 saturated carbocycles. The molecule has 0 radical (unpaired) electrons. The Balaban J connectivity index is 2.33. The van der Waals surface area contributed by atoms with Crippen molar-refractivity contribution in [2.45, 2.75) is 12.5 Å². The molecule has 0 aliphatic carbocycles. The molecule has 0 bridgehead atoms. The van der Waals surface area contributed by atoms with Crippen LogP contribution >= 0.6 is 31.9 Å². The van der Waals surface area contributed by atoms with Crippen molar-refractivity contribution in [1.29, 1.82) is 0 Å². The third kappa shape index (κ3) is 3.24. The van der Waals surface area contributed by atoms with Gasteiger partial charge in [-0.15, -0.1) is 0 Å². The van der Waals surface area contributed by atoms with Crippen LogP contribution in [0.25, 0.3) is 0 Å². The maximum Gasteiger partial charge on any atom is 0.137 e. The summed E-state index contributed by atoms with van der Waals surface area (Å²) in [6.45, 7) is 0. The van der Waals surface area contributed by atoms with Crippen molar-refractivity contribution in [3.8, 4) is 0 Å². The van der Waals surface area contributed by atoms with Gasteiger partial charge in [0.15, 0.2) is 0 Å². The van der Waals surface area contributed by atoms with Crippen LogP contribution < -0.4 is 5.73 Å². The van der Waals surface area contributed by atoms with E-state index in [1.54, 1.807) is 6.07 Å². The van der Waals surface area contributed by atoms with Crippen molar-refractivity contribution in [3.05, 3.63) is 67.9 Å². The summed E-state index contributed by atoms with van der Waals surface area (Å²) in [7, 11) is 0. The van der Waals surface area contributed by atoms with E-state index >= 15 is 0 Å². The summed E-state index contributed by atoms with van der Waals surface area (Å²) >= 11 is 6.11. The summed E-state index contributed by atoms with van der Waals surface area (Å²) < 4.78 is 41.6. The fourth-order valence-electron chi connectivity index (χ4n) is 1.95. The Bertz CT molecular complexity index is 623. The lowest BCUT2D eigenvalue weighted by atomic mass is 9.98. The lowest BCUT2D eigenvalue weighted by molar-refractivity contribution is 0.522. The highest BCUT2D eigenvalue weighted by atomic mass is 79.9. The fourth-order valence-corrected chi connectivity index (χ4v) is 2.78. The SMILES string of the molecule is NC(Cc1cccc(F)c1Br)c1c(F)cc(Br)cc1F. The average molecular weight is 409 g/mol. The smallest absolute Gasteiger partial charge is 0.137 e. The topological polar surface area (TPSA) is 26.0 Å². The first-order chi connectivity index (χ1) is 9.40. The Hall–Kier alpha value is -0.850. The van der Waals surface area contributed by atoms with Gasteiger partial charge in [-0.3, -0.25) is 0 Å². The molecule has 2 aromatic carbocycles. The van der Waals surface area contributed by atoms with Gasteiger partial charge in [-0.05, 0) is 46.1 Å². The molecule has 0 spiro atoms. The fraction of sp³-hybridized carbons (Fsp3) is 0.143. The predicted octanol–water partition coefficient (Wildman–Crippen LogP) is 4.87. The molecule has 0 amide bonds. The number of rotatable bonds is 3. The van der Waals surface area contributed by atoms with Crippen LogP contribution in [-0.2, 0) is 6.42 Å². The van der Waals surface area contributed by atoms with Crippen LogP contribution in [0.3, 0.4) is 0 Å². The molecule has 0 aliphatic heterocycles. The second-order valence-electron chi connectivity index (χ2n) is 4.31. The quantitative estimate of drug-likeness (QED) is 0.770. The van der Waals surface area contributed by atoms with Gasteiger partial charge in [0.1, 0.15) is 17.5 Å². The summed E-state index contributed by atoms with van der Waals surface area (Å²) in [6, 6.07) is 5.87. The van der Waals surface area contributed by atoms with Gasteiger partial charge in [-0.1, -0.05) is 28.1 Å². The van der Waals surface area contributed by atoms with Gasteiger partial charge in [0.05, 0.1) is 4.47 Å². The third-order valence-electron chi connectivity index (χ3n) is 2.89. The number of nitrogens with two attached hydrogens (primary N) is 1. The molecule has 1 atom stereocenters. The Morgan fingerprint density at radius 1 is 1.00 bits per heavy atom. The third-order valence-corrected chi connectivity index (χ3v) is 4.23. The van der Waals surface area contributed by atoms with E-state index in [9.17, 15) is 13.2 Å². The maximum atomic E-state index is 13.8. The van der Waals surface area contributed by atoms with E-state index in [1.165, 1.54) is 12.1 Å². The van der Waals surface area contributed by atoms with Gasteiger partial charge >= 0.3 is 0 Å². The van der Waals surface area contributed by atoms with Crippen LogP contribution in [-0.4, -0.2) is 0 Å². The summed E-state index contributed by atoms with van der Waals surface area (Å²) in [5.74, 6) is -1.89. The van der Waals surface area contributed by atoms with E-state index in [1.807, 2.05) is 0 Å². The number of hydrogen-bond acceptors (Lipinski definition) is 1. The van der Waals surface area contributed by atoms with Crippen LogP contribution in [0.2, 0.25) is 0 Å². The normalized spacial score (nSPS) is 12.5. The average Bonchev–Trinajstić information content (AvgIpc) is 2.33. The summed E-state index contributed by atoms with van der Waals surface area (Å²) in [5.41, 5.74) is 6.21. The standard InChI is InChI=1S/C14H10Br2F3N/c15-8-5-10(18)13(11(19)6-8)12(20)4-7-2-1-3-9(17)14(7)16/h1-3,5-6,12H,4,20H2. The highest BCUT2D eigenvalue weighted by molar-refractivity contribution is 9.10. The molecule has 106 valence electrons. The van der Waals surface area contributed by atoms with E-state index in [-0.39, 0.29) is 16.5 Å². The number of halogens is 5. The van der Waals surface area contributed by atoms with Crippen LogP contribution in [0.5, 0.6) is 0 Å². The molecule has 0 heterocycles. The van der Waals surface area contributed by atoms with Gasteiger partial charge in [-0.25, -0.2) is 13.2 Å². The van der Waals surface area contributed by atoms with Gasteiger partial charge in [0, 0.05) is 16.1 Å². The van der Waals surface area contributed by atoms with Crippen molar-refractivity contribution in [2.75, 3.05) is 0 Å². The Morgan fingerprint density at radius 3 is 2.20 bits per heavy atom. The molecule has 0 saturated heterocycles. The molecular formula is C14H10Br2F3N. The van der Waals surface area contributed by atoms with Gasteiger partial charge < -0.3 is 5.73 Å². The van der Waals surface area contributed by atoms with Crippen LogP contribution in [0.4, 0.5) is 13.2 Å². The van der Waals surface area contributed by atoms with E-state index in [0.29, 0.717) is 10.0 Å². The first-order valence-corrected chi connectivity index (χ1v) is 7.31.